The summed E-state index contributed by atoms with van der Waals surface area (Å²) < 4.78 is 5.43. The van der Waals surface area contributed by atoms with Crippen molar-refractivity contribution in [3.05, 3.63) is 55.6 Å². The molecule has 1 aromatic heterocycles. The molecule has 0 saturated heterocycles. The maximum atomic E-state index is 12.4. The summed E-state index contributed by atoms with van der Waals surface area (Å²) in [6, 6.07) is 7.84. The Balaban J connectivity index is 1.63. The maximum Gasteiger partial charge on any atom is 0.258 e. The standard InChI is InChI=1S/C19H21NO2S2/c1-4-22-15-7-5-14(6-8-15)10-20-19(21)18-9-17-16(11-23-18)12(2)13(3)24-17/h5-9H,4,10-11H2,1-3H3,(H,20,21). The number of hydrogen-bond acceptors (Lipinski definition) is 4. The van der Waals surface area contributed by atoms with E-state index in [9.17, 15) is 4.79 Å². The molecular formula is C19H21NO2S2. The molecule has 1 amide bonds. The fourth-order valence-corrected chi connectivity index (χ4v) is 4.95. The molecule has 0 spiro atoms. The molecule has 0 atom stereocenters. The molecule has 24 heavy (non-hydrogen) atoms. The third-order valence-electron chi connectivity index (χ3n) is 4.09. The summed E-state index contributed by atoms with van der Waals surface area (Å²) in [5.41, 5.74) is 3.81. The lowest BCUT2D eigenvalue weighted by Gasteiger charge is -2.14. The molecule has 126 valence electrons. The van der Waals surface area contributed by atoms with Crippen LogP contribution in [0.3, 0.4) is 0 Å². The fraction of sp³-hybridized carbons (Fsp3) is 0.316. The van der Waals surface area contributed by atoms with Gasteiger partial charge in [0.25, 0.3) is 5.91 Å². The Labute approximate surface area is 151 Å². The van der Waals surface area contributed by atoms with E-state index in [4.69, 9.17) is 4.74 Å². The molecule has 0 fully saturated rings. The van der Waals surface area contributed by atoms with Crippen molar-refractivity contribution in [1.82, 2.24) is 5.32 Å². The van der Waals surface area contributed by atoms with Crippen molar-refractivity contribution >= 4 is 35.1 Å². The third-order valence-corrected chi connectivity index (χ3v) is 6.33. The van der Waals surface area contributed by atoms with Crippen LogP contribution in [0.25, 0.3) is 6.08 Å². The molecule has 0 radical (unpaired) electrons. The van der Waals surface area contributed by atoms with Gasteiger partial charge >= 0.3 is 0 Å². The van der Waals surface area contributed by atoms with Crippen molar-refractivity contribution in [2.45, 2.75) is 33.1 Å². The van der Waals surface area contributed by atoms with Crippen molar-refractivity contribution in [2.75, 3.05) is 6.61 Å². The van der Waals surface area contributed by atoms with Crippen LogP contribution in [-0.2, 0) is 17.1 Å². The van der Waals surface area contributed by atoms with E-state index in [1.807, 2.05) is 37.3 Å². The fourth-order valence-electron chi connectivity index (χ4n) is 2.58. The highest BCUT2D eigenvalue weighted by molar-refractivity contribution is 8.03. The summed E-state index contributed by atoms with van der Waals surface area (Å²) in [6.45, 7) is 7.45. The number of carbonyl (C=O) groups is 1. The van der Waals surface area contributed by atoms with Crippen LogP contribution in [0, 0.1) is 13.8 Å². The minimum atomic E-state index is 0.00300. The van der Waals surface area contributed by atoms with E-state index in [2.05, 4.69) is 19.2 Å². The molecule has 2 aromatic rings. The van der Waals surface area contributed by atoms with Gasteiger partial charge in [-0.1, -0.05) is 12.1 Å². The predicted molar refractivity (Wildman–Crippen MR) is 103 cm³/mol. The molecule has 0 bridgehead atoms. The molecule has 0 aliphatic carbocycles. The number of benzene rings is 1. The normalized spacial score (nSPS) is 13.2. The number of nitrogens with one attached hydrogen (secondary N) is 1. The lowest BCUT2D eigenvalue weighted by Crippen LogP contribution is -2.24. The van der Waals surface area contributed by atoms with Crippen LogP contribution in [-0.4, -0.2) is 12.5 Å². The van der Waals surface area contributed by atoms with Crippen molar-refractivity contribution in [1.29, 1.82) is 0 Å². The zero-order valence-corrected chi connectivity index (χ0v) is 15.8. The van der Waals surface area contributed by atoms with Crippen LogP contribution in [0.1, 0.15) is 33.4 Å². The van der Waals surface area contributed by atoms with E-state index in [0.29, 0.717) is 13.2 Å². The molecule has 1 aliphatic heterocycles. The molecule has 0 unspecified atom stereocenters. The number of ether oxygens (including phenoxy) is 1. The average Bonchev–Trinajstić information content (AvgIpc) is 2.88. The Morgan fingerprint density at radius 2 is 2.00 bits per heavy atom. The summed E-state index contributed by atoms with van der Waals surface area (Å²) >= 11 is 3.40. The van der Waals surface area contributed by atoms with Crippen LogP contribution < -0.4 is 10.1 Å². The summed E-state index contributed by atoms with van der Waals surface area (Å²) in [4.78, 5) is 15.8. The molecule has 2 heterocycles. The van der Waals surface area contributed by atoms with Gasteiger partial charge in [0.1, 0.15) is 5.75 Å². The quantitative estimate of drug-likeness (QED) is 0.843. The predicted octanol–water partition coefficient (Wildman–Crippen LogP) is 4.67. The highest BCUT2D eigenvalue weighted by atomic mass is 32.2. The van der Waals surface area contributed by atoms with Gasteiger partial charge < -0.3 is 10.1 Å². The van der Waals surface area contributed by atoms with E-state index in [1.165, 1.54) is 20.9 Å². The van der Waals surface area contributed by atoms with Gasteiger partial charge in [-0.2, -0.15) is 0 Å². The molecule has 3 rings (SSSR count). The van der Waals surface area contributed by atoms with Gasteiger partial charge in [0.2, 0.25) is 0 Å². The summed E-state index contributed by atoms with van der Waals surface area (Å²) in [6.07, 6.45) is 2.03. The van der Waals surface area contributed by atoms with Crippen molar-refractivity contribution in [3.63, 3.8) is 0 Å². The zero-order chi connectivity index (χ0) is 17.1. The Hall–Kier alpha value is -1.72. The van der Waals surface area contributed by atoms with Crippen molar-refractivity contribution in [2.24, 2.45) is 0 Å². The second-order valence-electron chi connectivity index (χ2n) is 5.68. The Morgan fingerprint density at radius 3 is 2.71 bits per heavy atom. The Morgan fingerprint density at radius 1 is 1.25 bits per heavy atom. The monoisotopic (exact) mass is 359 g/mol. The first kappa shape index (κ1) is 17.1. The largest absolute Gasteiger partial charge is 0.494 e. The molecule has 0 saturated carbocycles. The minimum absolute atomic E-state index is 0.00300. The Bertz CT molecular complexity index is 775. The maximum absolute atomic E-state index is 12.4. The molecule has 1 aliphatic rings. The lowest BCUT2D eigenvalue weighted by atomic mass is 10.1. The van der Waals surface area contributed by atoms with Crippen LogP contribution in [0.4, 0.5) is 0 Å². The van der Waals surface area contributed by atoms with E-state index in [-0.39, 0.29) is 5.91 Å². The van der Waals surface area contributed by atoms with Crippen molar-refractivity contribution in [3.8, 4) is 5.75 Å². The van der Waals surface area contributed by atoms with Gasteiger partial charge in [-0.15, -0.1) is 23.1 Å². The van der Waals surface area contributed by atoms with Gasteiger partial charge in [-0.05, 0) is 55.7 Å². The Kier molecular flexibility index (Phi) is 5.31. The van der Waals surface area contributed by atoms with Crippen molar-refractivity contribution < 1.29 is 9.53 Å². The van der Waals surface area contributed by atoms with Crippen LogP contribution in [0.15, 0.2) is 29.2 Å². The molecule has 1 aromatic carbocycles. The van der Waals surface area contributed by atoms with Gasteiger partial charge in [-0.3, -0.25) is 4.79 Å². The second kappa shape index (κ2) is 7.45. The SMILES string of the molecule is CCOc1ccc(CNC(=O)C2=Cc3sc(C)c(C)c3CS2)cc1. The zero-order valence-electron chi connectivity index (χ0n) is 14.1. The van der Waals surface area contributed by atoms with Gasteiger partial charge in [-0.25, -0.2) is 0 Å². The average molecular weight is 360 g/mol. The van der Waals surface area contributed by atoms with Crippen LogP contribution >= 0.6 is 23.1 Å². The van der Waals surface area contributed by atoms with Gasteiger partial charge in [0, 0.05) is 22.1 Å². The summed E-state index contributed by atoms with van der Waals surface area (Å²) in [7, 11) is 0. The number of aryl methyl sites for hydroxylation is 1. The number of thioether (sulfide) groups is 1. The minimum Gasteiger partial charge on any atom is -0.494 e. The first-order chi connectivity index (χ1) is 11.6. The number of rotatable bonds is 5. The lowest BCUT2D eigenvalue weighted by molar-refractivity contribution is -0.116. The molecule has 3 nitrogen and oxygen atoms in total. The second-order valence-corrected chi connectivity index (χ2v) is 7.96. The molecule has 5 heteroatoms. The van der Waals surface area contributed by atoms with Crippen LogP contribution in [0.2, 0.25) is 0 Å². The highest BCUT2D eigenvalue weighted by Crippen LogP contribution is 2.39. The van der Waals surface area contributed by atoms with Gasteiger partial charge in [0.05, 0.1) is 11.5 Å². The number of amides is 1. The third kappa shape index (κ3) is 3.68. The highest BCUT2D eigenvalue weighted by Gasteiger charge is 2.20. The molecular weight excluding hydrogens is 338 g/mol. The smallest absolute Gasteiger partial charge is 0.258 e. The summed E-state index contributed by atoms with van der Waals surface area (Å²) in [5, 5.41) is 3.01. The number of fused-ring (bicyclic) bond motifs is 1. The number of carbonyl (C=O) groups excluding carboxylic acids is 1. The van der Waals surface area contributed by atoms with Crippen LogP contribution in [0.5, 0.6) is 5.75 Å². The topological polar surface area (TPSA) is 38.3 Å². The van der Waals surface area contributed by atoms with E-state index in [1.54, 1.807) is 23.1 Å². The molecule has 1 N–H and O–H groups in total. The van der Waals surface area contributed by atoms with Gasteiger partial charge in [0.15, 0.2) is 0 Å². The van der Waals surface area contributed by atoms with E-state index >= 15 is 0 Å². The van der Waals surface area contributed by atoms with E-state index in [0.717, 1.165) is 22.0 Å². The van der Waals surface area contributed by atoms with E-state index < -0.39 is 0 Å². The number of hydrogen-bond donors (Lipinski definition) is 1. The number of thiophene rings is 1. The first-order valence-electron chi connectivity index (χ1n) is 8.01. The first-order valence-corrected chi connectivity index (χ1v) is 9.82. The summed E-state index contributed by atoms with van der Waals surface area (Å²) in [5.74, 6) is 1.74.